The maximum absolute atomic E-state index is 13.7. The molecule has 0 radical (unpaired) electrons. The lowest BCUT2D eigenvalue weighted by Gasteiger charge is -2.37. The second-order valence-electron chi connectivity index (χ2n) is 5.99. The number of carbonyl (C=O) groups excluding carboxylic acids is 1. The Labute approximate surface area is 131 Å². The van der Waals surface area contributed by atoms with Crippen LogP contribution in [0.5, 0.6) is 0 Å². The first-order valence-electron chi connectivity index (χ1n) is 7.48. The van der Waals surface area contributed by atoms with Gasteiger partial charge in [0.25, 0.3) is 0 Å². The molecule has 0 N–H and O–H groups in total. The van der Waals surface area contributed by atoms with Gasteiger partial charge in [-0.3, -0.25) is 4.79 Å². The summed E-state index contributed by atoms with van der Waals surface area (Å²) < 4.78 is 37.5. The van der Waals surface area contributed by atoms with Gasteiger partial charge in [-0.05, 0) is 24.5 Å². The Morgan fingerprint density at radius 1 is 1.27 bits per heavy atom. The molecule has 0 bridgehead atoms. The first-order valence-corrected chi connectivity index (χ1v) is 9.44. The maximum Gasteiger partial charge on any atom is 0.227 e. The number of sulfone groups is 1. The van der Waals surface area contributed by atoms with Gasteiger partial charge in [-0.25, -0.2) is 12.8 Å². The molecular weight excluding hydrogens is 305 g/mol. The molecule has 0 unspecified atom stereocenters. The van der Waals surface area contributed by atoms with Gasteiger partial charge in [0.15, 0.2) is 9.84 Å². The zero-order valence-corrected chi connectivity index (χ0v) is 13.8. The normalized spacial score (nSPS) is 22.3. The summed E-state index contributed by atoms with van der Waals surface area (Å²) in [6, 6.07) is 5.85. The van der Waals surface area contributed by atoms with E-state index in [9.17, 15) is 17.6 Å². The lowest BCUT2D eigenvalue weighted by molar-refractivity contribution is -0.131. The molecule has 1 aliphatic rings. The zero-order valence-electron chi connectivity index (χ0n) is 13.0. The van der Waals surface area contributed by atoms with Crippen molar-refractivity contribution in [2.45, 2.75) is 43.4 Å². The molecule has 6 heteroatoms. The summed E-state index contributed by atoms with van der Waals surface area (Å²) >= 11 is 0. The average molecular weight is 327 g/mol. The number of amides is 1. The smallest absolute Gasteiger partial charge is 0.227 e. The van der Waals surface area contributed by atoms with Crippen LogP contribution in [0.4, 0.5) is 4.39 Å². The number of likely N-dealkylation sites (N-methyl/N-ethyl adjacent to an activating group) is 1. The molecule has 1 aliphatic carbocycles. The second-order valence-corrected chi connectivity index (χ2v) is 8.26. The first-order chi connectivity index (χ1) is 10.3. The van der Waals surface area contributed by atoms with E-state index in [4.69, 9.17) is 0 Å². The van der Waals surface area contributed by atoms with Gasteiger partial charge in [0.1, 0.15) is 5.82 Å². The van der Waals surface area contributed by atoms with Gasteiger partial charge in [-0.2, -0.15) is 0 Å². The Morgan fingerprint density at radius 2 is 1.91 bits per heavy atom. The quantitative estimate of drug-likeness (QED) is 0.852. The third-order valence-corrected chi connectivity index (χ3v) is 6.06. The Kier molecular flexibility index (Phi) is 5.21. The minimum Gasteiger partial charge on any atom is -0.341 e. The minimum absolute atomic E-state index is 0.0455. The monoisotopic (exact) mass is 327 g/mol. The largest absolute Gasteiger partial charge is 0.341 e. The second kappa shape index (κ2) is 6.77. The standard InChI is InChI=1S/C16H22FNO3S/c1-18(14-9-5-6-10-15(14)22(2,20)21)16(19)11-12-7-3-4-8-13(12)17/h3-4,7-8,14-15H,5-6,9-11H2,1-2H3/t14-,15+/m1/s1. The summed E-state index contributed by atoms with van der Waals surface area (Å²) in [6.07, 6.45) is 4.22. The van der Waals surface area contributed by atoms with Crippen molar-refractivity contribution in [3.63, 3.8) is 0 Å². The van der Waals surface area contributed by atoms with E-state index >= 15 is 0 Å². The Hall–Kier alpha value is -1.43. The Balaban J connectivity index is 2.13. The van der Waals surface area contributed by atoms with Crippen LogP contribution in [-0.2, 0) is 21.1 Å². The van der Waals surface area contributed by atoms with Crippen molar-refractivity contribution in [3.8, 4) is 0 Å². The summed E-state index contributed by atoms with van der Waals surface area (Å²) in [5.41, 5.74) is 0.339. The van der Waals surface area contributed by atoms with Crippen molar-refractivity contribution in [3.05, 3.63) is 35.6 Å². The number of benzene rings is 1. The predicted octanol–water partition coefficient (Wildman–Crippen LogP) is 2.18. The average Bonchev–Trinajstić information content (AvgIpc) is 2.48. The summed E-state index contributed by atoms with van der Waals surface area (Å²) in [5.74, 6) is -0.654. The molecule has 1 saturated carbocycles. The van der Waals surface area contributed by atoms with E-state index < -0.39 is 20.9 Å². The number of halogens is 1. The highest BCUT2D eigenvalue weighted by Crippen LogP contribution is 2.28. The molecule has 1 fully saturated rings. The van der Waals surface area contributed by atoms with E-state index in [0.29, 0.717) is 18.4 Å². The van der Waals surface area contributed by atoms with Crippen molar-refractivity contribution in [2.75, 3.05) is 13.3 Å². The summed E-state index contributed by atoms with van der Waals surface area (Å²) in [5, 5.41) is -0.518. The van der Waals surface area contributed by atoms with Gasteiger partial charge >= 0.3 is 0 Å². The predicted molar refractivity (Wildman–Crippen MR) is 83.8 cm³/mol. The molecular formula is C16H22FNO3S. The molecule has 4 nitrogen and oxygen atoms in total. The molecule has 1 aromatic carbocycles. The molecule has 1 amide bonds. The Bertz CT molecular complexity index is 645. The highest BCUT2D eigenvalue weighted by Gasteiger charge is 2.36. The highest BCUT2D eigenvalue weighted by molar-refractivity contribution is 7.91. The van der Waals surface area contributed by atoms with Crippen molar-refractivity contribution in [2.24, 2.45) is 0 Å². The van der Waals surface area contributed by atoms with E-state index in [0.717, 1.165) is 12.8 Å². The van der Waals surface area contributed by atoms with Crippen LogP contribution in [-0.4, -0.2) is 43.8 Å². The van der Waals surface area contributed by atoms with Crippen molar-refractivity contribution >= 4 is 15.7 Å². The maximum atomic E-state index is 13.7. The van der Waals surface area contributed by atoms with Gasteiger partial charge in [-0.1, -0.05) is 31.0 Å². The van der Waals surface area contributed by atoms with E-state index in [1.54, 1.807) is 25.2 Å². The molecule has 122 valence electrons. The van der Waals surface area contributed by atoms with Crippen LogP contribution in [0.3, 0.4) is 0 Å². The fourth-order valence-electron chi connectivity index (χ4n) is 3.13. The topological polar surface area (TPSA) is 54.5 Å². The van der Waals surface area contributed by atoms with Crippen LogP contribution in [0, 0.1) is 5.82 Å². The third kappa shape index (κ3) is 3.85. The van der Waals surface area contributed by atoms with Crippen LogP contribution in [0.25, 0.3) is 0 Å². The van der Waals surface area contributed by atoms with Crippen LogP contribution >= 0.6 is 0 Å². The zero-order chi connectivity index (χ0) is 16.3. The summed E-state index contributed by atoms with van der Waals surface area (Å²) in [4.78, 5) is 13.9. The molecule has 22 heavy (non-hydrogen) atoms. The fourth-order valence-corrected chi connectivity index (χ4v) is 4.62. The lowest BCUT2D eigenvalue weighted by Crippen LogP contribution is -2.49. The molecule has 0 saturated heterocycles. The number of hydrogen-bond donors (Lipinski definition) is 0. The van der Waals surface area contributed by atoms with E-state index in [1.807, 2.05) is 0 Å². The van der Waals surface area contributed by atoms with Crippen LogP contribution in [0.15, 0.2) is 24.3 Å². The SMILES string of the molecule is CN(C(=O)Cc1ccccc1F)[C@@H]1CCCC[C@@H]1S(C)(=O)=O. The molecule has 2 rings (SSSR count). The molecule has 2 atom stereocenters. The number of nitrogens with zero attached hydrogens (tertiary/aromatic N) is 1. The van der Waals surface area contributed by atoms with Crippen LogP contribution in [0.1, 0.15) is 31.2 Å². The van der Waals surface area contributed by atoms with Gasteiger partial charge < -0.3 is 4.90 Å². The summed E-state index contributed by atoms with van der Waals surface area (Å²) in [6.45, 7) is 0. The van der Waals surface area contributed by atoms with Gasteiger partial charge in [0, 0.05) is 19.3 Å². The van der Waals surface area contributed by atoms with Gasteiger partial charge in [0.2, 0.25) is 5.91 Å². The molecule has 0 aromatic heterocycles. The van der Waals surface area contributed by atoms with Gasteiger partial charge in [-0.15, -0.1) is 0 Å². The lowest BCUT2D eigenvalue weighted by atomic mass is 9.93. The Morgan fingerprint density at radius 3 is 2.55 bits per heavy atom. The van der Waals surface area contributed by atoms with Crippen molar-refractivity contribution in [1.82, 2.24) is 4.90 Å². The number of carbonyl (C=O) groups is 1. The number of hydrogen-bond acceptors (Lipinski definition) is 3. The van der Waals surface area contributed by atoms with E-state index in [-0.39, 0.29) is 18.4 Å². The van der Waals surface area contributed by atoms with Crippen molar-refractivity contribution in [1.29, 1.82) is 0 Å². The van der Waals surface area contributed by atoms with Gasteiger partial charge in [0.05, 0.1) is 11.7 Å². The number of rotatable bonds is 4. The third-order valence-electron chi connectivity index (χ3n) is 4.41. The molecule has 0 heterocycles. The van der Waals surface area contributed by atoms with Crippen molar-refractivity contribution < 1.29 is 17.6 Å². The minimum atomic E-state index is -3.20. The van der Waals surface area contributed by atoms with Crippen LogP contribution in [0.2, 0.25) is 0 Å². The molecule has 0 aliphatic heterocycles. The molecule has 0 spiro atoms. The fraction of sp³-hybridized carbons (Fsp3) is 0.562. The molecule has 1 aromatic rings. The first kappa shape index (κ1) is 16.9. The van der Waals surface area contributed by atoms with E-state index in [2.05, 4.69) is 0 Å². The van der Waals surface area contributed by atoms with Crippen LogP contribution < -0.4 is 0 Å². The highest BCUT2D eigenvalue weighted by atomic mass is 32.2. The summed E-state index contributed by atoms with van der Waals surface area (Å²) in [7, 11) is -1.58. The van der Waals surface area contributed by atoms with E-state index in [1.165, 1.54) is 17.2 Å².